The molecule has 0 spiro atoms. The van der Waals surface area contributed by atoms with Gasteiger partial charge in [-0.2, -0.15) is 0 Å². The van der Waals surface area contributed by atoms with Crippen LogP contribution in [0.2, 0.25) is 0 Å². The molecular formula is C73H103N5. The molecule has 0 unspecified atom stereocenters. The number of rotatable bonds is 23. The molecule has 2 N–H and O–H groups in total. The highest BCUT2D eigenvalue weighted by Gasteiger charge is 2.29. The average Bonchev–Trinajstić information content (AvgIpc) is 4.15. The van der Waals surface area contributed by atoms with Gasteiger partial charge in [0.05, 0.1) is 33.8 Å². The number of hydrogen-bond acceptors (Lipinski definition) is 3. The molecule has 1 saturated heterocycles. The standard InChI is InChI=1S/C73H103N5/c1-15-19-23-28-34-58-49(5)68-66(53-38-40-57(41-39-53)78-42-32-27-33-43-78)69-50(6)59(35-29-24-20-16-2)63(75-69)48-65-61(37-31-26-22-18-4)52(8)71(77-65)67(54-44-55(72(9,10)11)46-56(45-54)73(12,13)14)70-51(7)60(36-30-25-21-17-3)64(76-70)47-62(58)74-68/h38-41,44-48,74,77H,15-37,42-43H2,1-14H3. The molecule has 2 aromatic carbocycles. The normalized spacial score (nSPS) is 14.4. The monoisotopic (exact) mass is 1050 g/mol. The molecule has 5 heteroatoms. The quantitative estimate of drug-likeness (QED) is 0.0641. The second-order valence-electron chi connectivity index (χ2n) is 26.1. The number of nitrogens with one attached hydrogen (secondary N) is 2. The lowest BCUT2D eigenvalue weighted by molar-refractivity contribution is 0.569. The first kappa shape index (κ1) is 59.0. The summed E-state index contributed by atoms with van der Waals surface area (Å²) in [4.78, 5) is 23.2. The van der Waals surface area contributed by atoms with Crippen LogP contribution >= 0.6 is 0 Å². The fourth-order valence-corrected chi connectivity index (χ4v) is 12.9. The largest absolute Gasteiger partial charge is 0.372 e. The van der Waals surface area contributed by atoms with Crippen molar-refractivity contribution in [2.24, 2.45) is 0 Å². The molecule has 5 nitrogen and oxygen atoms in total. The number of benzene rings is 2. The van der Waals surface area contributed by atoms with Gasteiger partial charge in [0.25, 0.3) is 0 Å². The second-order valence-corrected chi connectivity index (χ2v) is 26.1. The van der Waals surface area contributed by atoms with Crippen molar-refractivity contribution in [3.05, 3.63) is 111 Å². The van der Waals surface area contributed by atoms with Crippen LogP contribution in [0.3, 0.4) is 0 Å². The summed E-state index contributed by atoms with van der Waals surface area (Å²) in [6.45, 7) is 35.4. The van der Waals surface area contributed by atoms with Crippen LogP contribution in [0.4, 0.5) is 5.69 Å². The number of unbranched alkanes of at least 4 members (excludes halogenated alkanes) is 12. The van der Waals surface area contributed by atoms with E-state index in [9.17, 15) is 0 Å². The lowest BCUT2D eigenvalue weighted by atomic mass is 9.78. The number of anilines is 1. The molecule has 0 aliphatic carbocycles. The van der Waals surface area contributed by atoms with Gasteiger partial charge >= 0.3 is 0 Å². The van der Waals surface area contributed by atoms with E-state index in [0.717, 1.165) is 87.2 Å². The van der Waals surface area contributed by atoms with Crippen LogP contribution in [-0.2, 0) is 23.7 Å². The molecule has 6 heterocycles. The Bertz CT molecular complexity index is 3060. The van der Waals surface area contributed by atoms with Crippen LogP contribution in [0.25, 0.3) is 66.6 Å². The molecule has 1 fully saturated rings. The van der Waals surface area contributed by atoms with Gasteiger partial charge in [-0.1, -0.05) is 177 Å². The van der Waals surface area contributed by atoms with Crippen LogP contribution in [0.1, 0.15) is 274 Å². The second kappa shape index (κ2) is 26.4. The minimum Gasteiger partial charge on any atom is -0.372 e. The van der Waals surface area contributed by atoms with E-state index in [-0.39, 0.29) is 10.8 Å². The highest BCUT2D eigenvalue weighted by atomic mass is 15.1. The number of allylic oxidation sites excluding steroid dienone is 4. The smallest absolute Gasteiger partial charge is 0.0769 e. The first-order chi connectivity index (χ1) is 37.5. The topological polar surface area (TPSA) is 60.6 Å². The molecule has 5 aromatic rings. The maximum atomic E-state index is 6.04. The van der Waals surface area contributed by atoms with Crippen molar-refractivity contribution in [3.8, 4) is 22.3 Å². The molecule has 78 heavy (non-hydrogen) atoms. The lowest BCUT2D eigenvalue weighted by Gasteiger charge is -2.29. The Labute approximate surface area is 474 Å². The zero-order valence-corrected chi connectivity index (χ0v) is 51.7. The first-order valence-corrected chi connectivity index (χ1v) is 31.7. The summed E-state index contributed by atoms with van der Waals surface area (Å²) >= 11 is 0. The van der Waals surface area contributed by atoms with E-state index in [2.05, 4.69) is 166 Å². The molecule has 0 saturated carbocycles. The van der Waals surface area contributed by atoms with Gasteiger partial charge in [-0.15, -0.1) is 0 Å². The molecule has 0 amide bonds. The Morgan fingerprint density at radius 3 is 1.24 bits per heavy atom. The van der Waals surface area contributed by atoms with Crippen molar-refractivity contribution < 1.29 is 0 Å². The van der Waals surface area contributed by atoms with E-state index in [0.29, 0.717) is 0 Å². The summed E-state index contributed by atoms with van der Waals surface area (Å²) < 4.78 is 0. The fraction of sp³-hybridized carbons (Fsp3) is 0.562. The summed E-state index contributed by atoms with van der Waals surface area (Å²) in [5.41, 5.74) is 29.2. The van der Waals surface area contributed by atoms with Gasteiger partial charge in [-0.05, 0) is 200 Å². The van der Waals surface area contributed by atoms with E-state index < -0.39 is 0 Å². The highest BCUT2D eigenvalue weighted by molar-refractivity contribution is 6.03. The van der Waals surface area contributed by atoms with Crippen molar-refractivity contribution in [1.29, 1.82) is 0 Å². The predicted molar refractivity (Wildman–Crippen MR) is 343 cm³/mol. The van der Waals surface area contributed by atoms with E-state index >= 15 is 0 Å². The molecule has 3 aromatic heterocycles. The van der Waals surface area contributed by atoms with Gasteiger partial charge in [-0.3, -0.25) is 0 Å². The third kappa shape index (κ3) is 13.4. The predicted octanol–water partition coefficient (Wildman–Crippen LogP) is 21.9. The molecule has 8 bridgehead atoms. The van der Waals surface area contributed by atoms with Gasteiger partial charge in [0.2, 0.25) is 0 Å². The highest BCUT2D eigenvalue weighted by Crippen LogP contribution is 2.46. The zero-order chi connectivity index (χ0) is 55.7. The third-order valence-electron chi connectivity index (χ3n) is 18.0. The van der Waals surface area contributed by atoms with Gasteiger partial charge < -0.3 is 14.9 Å². The van der Waals surface area contributed by atoms with Crippen molar-refractivity contribution in [1.82, 2.24) is 19.9 Å². The molecule has 8 rings (SSSR count). The van der Waals surface area contributed by atoms with E-state index in [1.807, 2.05) is 0 Å². The number of aryl methyl sites for hydroxylation is 4. The van der Waals surface area contributed by atoms with Crippen LogP contribution < -0.4 is 4.90 Å². The van der Waals surface area contributed by atoms with Crippen molar-refractivity contribution in [2.75, 3.05) is 18.0 Å². The zero-order valence-electron chi connectivity index (χ0n) is 51.7. The van der Waals surface area contributed by atoms with Crippen LogP contribution in [0.5, 0.6) is 0 Å². The van der Waals surface area contributed by atoms with E-state index in [1.165, 1.54) is 202 Å². The van der Waals surface area contributed by atoms with Crippen LogP contribution in [0, 0.1) is 13.8 Å². The molecule has 0 radical (unpaired) electrons. The van der Waals surface area contributed by atoms with Gasteiger partial charge in [0.1, 0.15) is 0 Å². The van der Waals surface area contributed by atoms with Gasteiger partial charge in [0.15, 0.2) is 0 Å². The van der Waals surface area contributed by atoms with E-state index in [1.54, 1.807) is 0 Å². The van der Waals surface area contributed by atoms with Crippen molar-refractivity contribution in [3.63, 3.8) is 0 Å². The summed E-state index contributed by atoms with van der Waals surface area (Å²) in [5, 5.41) is 0. The van der Waals surface area contributed by atoms with Gasteiger partial charge in [-0.25, -0.2) is 9.97 Å². The molecular weight excluding hydrogens is 947 g/mol. The van der Waals surface area contributed by atoms with E-state index in [4.69, 9.17) is 9.97 Å². The molecule has 3 aliphatic heterocycles. The fourth-order valence-electron chi connectivity index (χ4n) is 12.9. The molecule has 3 aliphatic rings. The Morgan fingerprint density at radius 2 is 0.846 bits per heavy atom. The van der Waals surface area contributed by atoms with Crippen molar-refractivity contribution >= 4 is 50.0 Å². The Morgan fingerprint density at radius 1 is 0.449 bits per heavy atom. The number of aromatic amines is 2. The lowest BCUT2D eigenvalue weighted by Crippen LogP contribution is -2.29. The summed E-state index contributed by atoms with van der Waals surface area (Å²) in [7, 11) is 0. The number of fused-ring (bicyclic) bond motifs is 8. The first-order valence-electron chi connectivity index (χ1n) is 31.7. The molecule has 0 atom stereocenters. The summed E-state index contributed by atoms with van der Waals surface area (Å²) in [5.74, 6) is 0. The van der Waals surface area contributed by atoms with Crippen molar-refractivity contribution in [2.45, 2.75) is 255 Å². The minimum atomic E-state index is -0.0462. The number of aromatic nitrogens is 4. The maximum absolute atomic E-state index is 6.04. The Balaban J connectivity index is 1.57. The number of hydrogen-bond donors (Lipinski definition) is 2. The summed E-state index contributed by atoms with van der Waals surface area (Å²) in [6, 6.07) is 22.1. The SMILES string of the molecule is CCCCCCC1=C(C)c2nc1cc1[nH]c(c(C)c1CCCCCC)c(-c1ccc(N3CCCCC3)cc1)c1nc(cc3[nH]c(c(C)c3CCCCCC)c2-c2cc(C(C)(C)C)cc(C(C)(C)C)c2)C(CCCCCC)=C1C. The Kier molecular flexibility index (Phi) is 20.0. The molecule has 420 valence electrons. The Hall–Kier alpha value is -5.16. The third-order valence-corrected chi connectivity index (χ3v) is 18.0. The number of H-pyrrole nitrogens is 2. The minimum absolute atomic E-state index is 0.0462. The van der Waals surface area contributed by atoms with Crippen LogP contribution in [-0.4, -0.2) is 33.0 Å². The average molecular weight is 1050 g/mol. The summed E-state index contributed by atoms with van der Waals surface area (Å²) in [6.07, 6.45) is 27.4. The van der Waals surface area contributed by atoms with Crippen LogP contribution in [0.15, 0.2) is 54.6 Å². The van der Waals surface area contributed by atoms with Gasteiger partial charge in [0, 0.05) is 40.9 Å². The number of piperidine rings is 1. The maximum Gasteiger partial charge on any atom is 0.0769 e. The number of nitrogens with zero attached hydrogens (tertiary/aromatic N) is 3.